The average Bonchev–Trinajstić information content (AvgIpc) is 2.32. The Labute approximate surface area is 119 Å². The van der Waals surface area contributed by atoms with Crippen LogP contribution in [0.4, 0.5) is 0 Å². The predicted octanol–water partition coefficient (Wildman–Crippen LogP) is 2.13. The van der Waals surface area contributed by atoms with E-state index < -0.39 is 6.10 Å². The molecule has 106 valence electrons. The van der Waals surface area contributed by atoms with Gasteiger partial charge in [0.15, 0.2) is 6.10 Å². The van der Waals surface area contributed by atoms with E-state index in [0.717, 1.165) is 5.56 Å². The van der Waals surface area contributed by atoms with E-state index in [-0.39, 0.29) is 11.9 Å². The van der Waals surface area contributed by atoms with Gasteiger partial charge in [0.1, 0.15) is 5.75 Å². The van der Waals surface area contributed by atoms with E-state index in [2.05, 4.69) is 5.32 Å². The maximum atomic E-state index is 11.8. The summed E-state index contributed by atoms with van der Waals surface area (Å²) in [6.45, 7) is 6.01. The Hall–Kier alpha value is -1.26. The minimum Gasteiger partial charge on any atom is -0.479 e. The normalized spacial score (nSPS) is 12.3. The zero-order valence-electron chi connectivity index (χ0n) is 11.6. The fourth-order valence-corrected chi connectivity index (χ4v) is 1.91. The fourth-order valence-electron chi connectivity index (χ4n) is 1.67. The van der Waals surface area contributed by atoms with Crippen LogP contribution in [0.5, 0.6) is 5.75 Å². The Balaban J connectivity index is 2.83. The number of nitrogens with one attached hydrogen (secondary N) is 1. The third kappa shape index (κ3) is 4.73. The molecule has 1 amide bonds. The van der Waals surface area contributed by atoms with Crippen molar-refractivity contribution in [2.45, 2.75) is 39.3 Å². The molecule has 0 aliphatic heterocycles. The summed E-state index contributed by atoms with van der Waals surface area (Å²) < 4.78 is 5.69. The highest BCUT2D eigenvalue weighted by Gasteiger charge is 2.18. The first kappa shape index (κ1) is 15.8. The summed E-state index contributed by atoms with van der Waals surface area (Å²) in [4.78, 5) is 11.8. The number of para-hydroxylation sites is 1. The maximum absolute atomic E-state index is 11.8. The van der Waals surface area contributed by atoms with Gasteiger partial charge in [-0.15, -0.1) is 0 Å². The van der Waals surface area contributed by atoms with Crippen molar-refractivity contribution in [3.05, 3.63) is 28.8 Å². The van der Waals surface area contributed by atoms with Crippen molar-refractivity contribution in [3.63, 3.8) is 0 Å². The number of rotatable bonds is 6. The van der Waals surface area contributed by atoms with E-state index >= 15 is 0 Å². The lowest BCUT2D eigenvalue weighted by atomic mass is 10.1. The summed E-state index contributed by atoms with van der Waals surface area (Å²) in [5.41, 5.74) is 6.47. The lowest BCUT2D eigenvalue weighted by Crippen LogP contribution is -2.40. The van der Waals surface area contributed by atoms with Gasteiger partial charge in [0.25, 0.3) is 5.91 Å². The zero-order valence-corrected chi connectivity index (χ0v) is 12.3. The van der Waals surface area contributed by atoms with Crippen molar-refractivity contribution >= 4 is 17.5 Å². The lowest BCUT2D eigenvalue weighted by molar-refractivity contribution is -0.127. The largest absolute Gasteiger partial charge is 0.479 e. The van der Waals surface area contributed by atoms with Gasteiger partial charge in [-0.2, -0.15) is 0 Å². The highest BCUT2D eigenvalue weighted by Crippen LogP contribution is 2.29. The standard InChI is InChI=1S/C14H21ClN2O2/c1-9(2)17-14(18)10(3)19-13-11(7-8-16)5-4-6-12(13)15/h4-6,9-10H,7-8,16H2,1-3H3,(H,17,18). The van der Waals surface area contributed by atoms with Gasteiger partial charge < -0.3 is 15.8 Å². The molecule has 0 aromatic heterocycles. The Morgan fingerprint density at radius 2 is 2.11 bits per heavy atom. The van der Waals surface area contributed by atoms with Crippen molar-refractivity contribution in [2.24, 2.45) is 5.73 Å². The molecule has 1 unspecified atom stereocenters. The van der Waals surface area contributed by atoms with Crippen molar-refractivity contribution in [1.82, 2.24) is 5.32 Å². The van der Waals surface area contributed by atoms with Gasteiger partial charge >= 0.3 is 0 Å². The molecule has 0 saturated carbocycles. The molecule has 1 atom stereocenters. The molecular formula is C14H21ClN2O2. The summed E-state index contributed by atoms with van der Waals surface area (Å²) in [6.07, 6.45) is 0.0628. The highest BCUT2D eigenvalue weighted by molar-refractivity contribution is 6.32. The van der Waals surface area contributed by atoms with Gasteiger partial charge in [-0.1, -0.05) is 23.7 Å². The van der Waals surface area contributed by atoms with E-state index in [1.165, 1.54) is 0 Å². The van der Waals surface area contributed by atoms with Gasteiger partial charge in [-0.25, -0.2) is 0 Å². The molecule has 0 aliphatic rings. The van der Waals surface area contributed by atoms with Crippen LogP contribution >= 0.6 is 11.6 Å². The van der Waals surface area contributed by atoms with Gasteiger partial charge in [0.05, 0.1) is 5.02 Å². The van der Waals surface area contributed by atoms with Crippen molar-refractivity contribution in [1.29, 1.82) is 0 Å². The molecule has 19 heavy (non-hydrogen) atoms. The van der Waals surface area contributed by atoms with Crippen LogP contribution < -0.4 is 15.8 Å². The van der Waals surface area contributed by atoms with E-state index in [1.807, 2.05) is 26.0 Å². The molecule has 0 saturated heterocycles. The monoisotopic (exact) mass is 284 g/mol. The molecule has 1 aromatic carbocycles. The minimum absolute atomic E-state index is 0.0771. The molecule has 1 rings (SSSR count). The minimum atomic E-state index is -0.598. The molecule has 0 radical (unpaired) electrons. The Morgan fingerprint density at radius 1 is 1.42 bits per heavy atom. The first-order valence-corrected chi connectivity index (χ1v) is 6.78. The summed E-state index contributed by atoms with van der Waals surface area (Å²) in [5.74, 6) is 0.384. The quantitative estimate of drug-likeness (QED) is 0.841. The number of nitrogens with two attached hydrogens (primary N) is 1. The molecule has 0 bridgehead atoms. The molecule has 5 heteroatoms. The van der Waals surface area contributed by atoms with Gasteiger partial charge in [0, 0.05) is 6.04 Å². The summed E-state index contributed by atoms with van der Waals surface area (Å²) >= 11 is 6.12. The van der Waals surface area contributed by atoms with Crippen molar-refractivity contribution in [2.75, 3.05) is 6.54 Å². The van der Waals surface area contributed by atoms with E-state index in [4.69, 9.17) is 22.1 Å². The molecule has 1 aromatic rings. The van der Waals surface area contributed by atoms with Crippen LogP contribution in [0.2, 0.25) is 5.02 Å². The number of halogens is 1. The SMILES string of the molecule is CC(C)NC(=O)C(C)Oc1c(Cl)cccc1CCN. The molecule has 0 spiro atoms. The zero-order chi connectivity index (χ0) is 14.4. The third-order valence-corrected chi connectivity index (χ3v) is 2.85. The predicted molar refractivity (Wildman–Crippen MR) is 77.6 cm³/mol. The highest BCUT2D eigenvalue weighted by atomic mass is 35.5. The second kappa shape index (κ2) is 7.36. The molecular weight excluding hydrogens is 264 g/mol. The van der Waals surface area contributed by atoms with Crippen molar-refractivity contribution in [3.8, 4) is 5.75 Å². The fraction of sp³-hybridized carbons (Fsp3) is 0.500. The number of carbonyl (C=O) groups is 1. The average molecular weight is 285 g/mol. The van der Waals surface area contributed by atoms with Crippen LogP contribution in [0.15, 0.2) is 18.2 Å². The summed E-state index contributed by atoms with van der Waals surface area (Å²) in [6, 6.07) is 5.57. The first-order valence-electron chi connectivity index (χ1n) is 6.40. The number of amides is 1. The van der Waals surface area contributed by atoms with Crippen molar-refractivity contribution < 1.29 is 9.53 Å². The Morgan fingerprint density at radius 3 is 2.68 bits per heavy atom. The Kier molecular flexibility index (Phi) is 6.12. The molecule has 0 fully saturated rings. The molecule has 3 N–H and O–H groups in total. The lowest BCUT2D eigenvalue weighted by Gasteiger charge is -2.19. The van der Waals surface area contributed by atoms with Crippen LogP contribution in [0.1, 0.15) is 26.3 Å². The number of hydrogen-bond donors (Lipinski definition) is 2. The number of ether oxygens (including phenoxy) is 1. The summed E-state index contributed by atoms with van der Waals surface area (Å²) in [5, 5.41) is 3.30. The van der Waals surface area contributed by atoms with Gasteiger partial charge in [-0.05, 0) is 45.4 Å². The Bertz CT molecular complexity index is 435. The van der Waals surface area contributed by atoms with E-state index in [0.29, 0.717) is 23.7 Å². The number of benzene rings is 1. The topological polar surface area (TPSA) is 64.3 Å². The number of carbonyl (C=O) groups excluding carboxylic acids is 1. The second-order valence-corrected chi connectivity index (χ2v) is 5.10. The molecule has 0 heterocycles. The first-order chi connectivity index (χ1) is 8.95. The van der Waals surface area contributed by atoms with Crippen LogP contribution in [0, 0.1) is 0 Å². The van der Waals surface area contributed by atoms with Gasteiger partial charge in [-0.3, -0.25) is 4.79 Å². The van der Waals surface area contributed by atoms with Crippen LogP contribution in [0.3, 0.4) is 0 Å². The number of hydrogen-bond acceptors (Lipinski definition) is 3. The molecule has 0 aliphatic carbocycles. The van der Waals surface area contributed by atoms with Gasteiger partial charge in [0.2, 0.25) is 0 Å². The third-order valence-electron chi connectivity index (χ3n) is 2.56. The molecule has 4 nitrogen and oxygen atoms in total. The van der Waals surface area contributed by atoms with Crippen LogP contribution in [-0.4, -0.2) is 24.6 Å². The maximum Gasteiger partial charge on any atom is 0.260 e. The summed E-state index contributed by atoms with van der Waals surface area (Å²) in [7, 11) is 0. The smallest absolute Gasteiger partial charge is 0.260 e. The van der Waals surface area contributed by atoms with Crippen LogP contribution in [0.25, 0.3) is 0 Å². The van der Waals surface area contributed by atoms with E-state index in [1.54, 1.807) is 13.0 Å². The van der Waals surface area contributed by atoms with E-state index in [9.17, 15) is 4.79 Å². The second-order valence-electron chi connectivity index (χ2n) is 4.69. The van der Waals surface area contributed by atoms with Crippen LogP contribution in [-0.2, 0) is 11.2 Å².